The lowest BCUT2D eigenvalue weighted by Gasteiger charge is -2.17. The van der Waals surface area contributed by atoms with E-state index in [4.69, 9.17) is 4.84 Å². The number of rotatable bonds is 6. The third kappa shape index (κ3) is 4.82. The second-order valence-corrected chi connectivity index (χ2v) is 9.19. The fraction of sp³-hybridized carbons (Fsp3) is 0.320. The molecule has 0 aliphatic carbocycles. The molecule has 0 spiro atoms. The smallest absolute Gasteiger partial charge is 0.338 e. The van der Waals surface area contributed by atoms with Crippen LogP contribution in [0.3, 0.4) is 0 Å². The first-order valence-electron chi connectivity index (χ1n) is 10.5. The van der Waals surface area contributed by atoms with Crippen LogP contribution in [0, 0.1) is 11.3 Å². The van der Waals surface area contributed by atoms with Crippen LogP contribution < -0.4 is 10.2 Å². The average Bonchev–Trinajstić information content (AvgIpc) is 2.98. The number of carbonyl (C=O) groups is 3. The van der Waals surface area contributed by atoms with Crippen LogP contribution in [0.15, 0.2) is 48.5 Å². The molecule has 0 radical (unpaired) electrons. The number of ketones is 1. The van der Waals surface area contributed by atoms with Gasteiger partial charge in [0.05, 0.1) is 16.5 Å². The standard InChI is InChI=1S/C25H28N2O5/c1-15(2)13-20(28)26-17-11-12-18-19(14-17)27(32-24(31)25(3,4)5)23(30)21(18)22(29)16-9-7-6-8-10-16/h6-12,14-15,30H,13H2,1-5H3,(H,26,28). The van der Waals surface area contributed by atoms with Crippen molar-refractivity contribution in [2.75, 3.05) is 5.32 Å². The summed E-state index contributed by atoms with van der Waals surface area (Å²) in [5.41, 5.74) is 0.329. The summed E-state index contributed by atoms with van der Waals surface area (Å²) >= 11 is 0. The average molecular weight is 437 g/mol. The maximum Gasteiger partial charge on any atom is 0.338 e. The number of aromatic nitrogens is 1. The number of nitrogens with one attached hydrogen (secondary N) is 1. The normalized spacial score (nSPS) is 11.6. The van der Waals surface area contributed by atoms with Gasteiger partial charge >= 0.3 is 5.97 Å². The van der Waals surface area contributed by atoms with Gasteiger partial charge in [0.1, 0.15) is 0 Å². The lowest BCUT2D eigenvalue weighted by molar-refractivity contribution is -0.153. The molecule has 1 amide bonds. The summed E-state index contributed by atoms with van der Waals surface area (Å²) in [6.45, 7) is 8.95. The van der Waals surface area contributed by atoms with E-state index < -0.39 is 23.0 Å². The van der Waals surface area contributed by atoms with Gasteiger partial charge in [0, 0.05) is 23.1 Å². The molecular formula is C25H28N2O5. The largest absolute Gasteiger partial charge is 0.492 e. The number of carbonyl (C=O) groups excluding carboxylic acids is 3. The Morgan fingerprint density at radius 1 is 1.06 bits per heavy atom. The zero-order chi connectivity index (χ0) is 23.6. The number of benzene rings is 2. The predicted molar refractivity (Wildman–Crippen MR) is 123 cm³/mol. The molecule has 7 heteroatoms. The Morgan fingerprint density at radius 2 is 1.72 bits per heavy atom. The molecule has 32 heavy (non-hydrogen) atoms. The first-order chi connectivity index (χ1) is 15.0. The quantitative estimate of drug-likeness (QED) is 0.552. The van der Waals surface area contributed by atoms with E-state index in [1.165, 1.54) is 0 Å². The van der Waals surface area contributed by atoms with Crippen LogP contribution >= 0.6 is 0 Å². The molecule has 0 atom stereocenters. The lowest BCUT2D eigenvalue weighted by Crippen LogP contribution is -2.31. The fourth-order valence-corrected chi connectivity index (χ4v) is 3.18. The minimum absolute atomic E-state index is 0.0213. The van der Waals surface area contributed by atoms with Crippen molar-refractivity contribution in [2.45, 2.75) is 41.0 Å². The molecule has 1 aromatic heterocycles. The zero-order valence-corrected chi connectivity index (χ0v) is 18.9. The van der Waals surface area contributed by atoms with Gasteiger partial charge in [0.25, 0.3) is 0 Å². The summed E-state index contributed by atoms with van der Waals surface area (Å²) in [6.07, 6.45) is 0.348. The number of amides is 1. The highest BCUT2D eigenvalue weighted by Gasteiger charge is 2.30. The van der Waals surface area contributed by atoms with E-state index in [9.17, 15) is 19.5 Å². The van der Waals surface area contributed by atoms with Gasteiger partial charge in [-0.05, 0) is 44.9 Å². The number of hydrogen-bond donors (Lipinski definition) is 2. The van der Waals surface area contributed by atoms with Gasteiger partial charge in [0.2, 0.25) is 11.8 Å². The molecule has 0 aliphatic heterocycles. The summed E-state index contributed by atoms with van der Waals surface area (Å²) in [4.78, 5) is 43.4. The van der Waals surface area contributed by atoms with Crippen molar-refractivity contribution in [3.63, 3.8) is 0 Å². The van der Waals surface area contributed by atoms with E-state index in [1.807, 2.05) is 13.8 Å². The SMILES string of the molecule is CC(C)CC(=O)Nc1ccc2c(C(=O)c3ccccc3)c(O)n(OC(=O)C(C)(C)C)c2c1. The molecule has 0 saturated heterocycles. The fourth-order valence-electron chi connectivity index (χ4n) is 3.18. The summed E-state index contributed by atoms with van der Waals surface area (Å²) in [6, 6.07) is 13.4. The monoisotopic (exact) mass is 436 g/mol. The van der Waals surface area contributed by atoms with Crippen molar-refractivity contribution < 1.29 is 24.3 Å². The third-order valence-corrected chi connectivity index (χ3v) is 4.83. The highest BCUT2D eigenvalue weighted by atomic mass is 16.7. The summed E-state index contributed by atoms with van der Waals surface area (Å²) in [7, 11) is 0. The Kier molecular flexibility index (Phi) is 6.39. The van der Waals surface area contributed by atoms with Gasteiger partial charge in [-0.3, -0.25) is 9.59 Å². The van der Waals surface area contributed by atoms with Crippen molar-refractivity contribution in [2.24, 2.45) is 11.3 Å². The van der Waals surface area contributed by atoms with E-state index >= 15 is 0 Å². The third-order valence-electron chi connectivity index (χ3n) is 4.83. The van der Waals surface area contributed by atoms with Gasteiger partial charge < -0.3 is 15.3 Å². The molecule has 168 valence electrons. The highest BCUT2D eigenvalue weighted by Crippen LogP contribution is 2.34. The minimum atomic E-state index is -0.838. The van der Waals surface area contributed by atoms with Crippen LogP contribution in [-0.4, -0.2) is 27.5 Å². The first kappa shape index (κ1) is 23.1. The van der Waals surface area contributed by atoms with E-state index in [2.05, 4.69) is 5.32 Å². The van der Waals surface area contributed by atoms with Crippen LogP contribution in [0.5, 0.6) is 5.88 Å². The predicted octanol–water partition coefficient (Wildman–Crippen LogP) is 4.56. The van der Waals surface area contributed by atoms with Crippen LogP contribution in [0.25, 0.3) is 10.9 Å². The van der Waals surface area contributed by atoms with Crippen LogP contribution in [0.1, 0.15) is 57.0 Å². The van der Waals surface area contributed by atoms with Crippen LogP contribution in [-0.2, 0) is 9.59 Å². The molecule has 0 fully saturated rings. The molecule has 0 unspecified atom stereocenters. The van der Waals surface area contributed by atoms with Crippen LogP contribution in [0.2, 0.25) is 0 Å². The molecule has 2 aromatic carbocycles. The highest BCUT2D eigenvalue weighted by molar-refractivity contribution is 6.18. The number of fused-ring (bicyclic) bond motifs is 1. The summed E-state index contributed by atoms with van der Waals surface area (Å²) < 4.78 is 0.956. The Hall–Kier alpha value is -3.61. The molecule has 3 aromatic rings. The molecule has 2 N–H and O–H groups in total. The first-order valence-corrected chi connectivity index (χ1v) is 10.5. The van der Waals surface area contributed by atoms with E-state index in [0.717, 1.165) is 4.73 Å². The van der Waals surface area contributed by atoms with Crippen molar-refractivity contribution in [1.82, 2.24) is 4.73 Å². The summed E-state index contributed by atoms with van der Waals surface area (Å²) in [5.74, 6) is -1.44. The summed E-state index contributed by atoms with van der Waals surface area (Å²) in [5, 5.41) is 14.1. The van der Waals surface area contributed by atoms with Crippen molar-refractivity contribution >= 4 is 34.3 Å². The lowest BCUT2D eigenvalue weighted by atomic mass is 9.98. The number of aromatic hydroxyl groups is 1. The van der Waals surface area contributed by atoms with Crippen molar-refractivity contribution in [3.8, 4) is 5.88 Å². The van der Waals surface area contributed by atoms with E-state index in [0.29, 0.717) is 28.6 Å². The number of hydrogen-bond acceptors (Lipinski definition) is 5. The van der Waals surface area contributed by atoms with Crippen molar-refractivity contribution in [1.29, 1.82) is 0 Å². The zero-order valence-electron chi connectivity index (χ0n) is 18.9. The molecule has 0 bridgehead atoms. The van der Waals surface area contributed by atoms with Crippen molar-refractivity contribution in [3.05, 3.63) is 59.7 Å². The molecule has 0 saturated carbocycles. The Labute approximate surface area is 186 Å². The second kappa shape index (κ2) is 8.86. The molecule has 3 rings (SSSR count). The maximum atomic E-state index is 13.2. The topological polar surface area (TPSA) is 97.6 Å². The Bertz CT molecular complexity index is 1170. The van der Waals surface area contributed by atoms with Gasteiger partial charge in [-0.1, -0.05) is 44.2 Å². The molecular weight excluding hydrogens is 408 g/mol. The second-order valence-electron chi connectivity index (χ2n) is 9.19. The van der Waals surface area contributed by atoms with Gasteiger partial charge in [-0.25, -0.2) is 4.79 Å². The molecule has 7 nitrogen and oxygen atoms in total. The van der Waals surface area contributed by atoms with Gasteiger partial charge in [0.15, 0.2) is 5.78 Å². The number of anilines is 1. The minimum Gasteiger partial charge on any atom is -0.492 e. The van der Waals surface area contributed by atoms with E-state index in [1.54, 1.807) is 69.3 Å². The number of nitrogens with zero attached hydrogens (tertiary/aromatic N) is 1. The maximum absolute atomic E-state index is 13.2. The molecule has 1 heterocycles. The Balaban J connectivity index is 2.13. The van der Waals surface area contributed by atoms with Gasteiger partial charge in [-0.15, -0.1) is 4.73 Å². The van der Waals surface area contributed by atoms with Crippen LogP contribution in [0.4, 0.5) is 5.69 Å². The molecule has 0 aliphatic rings. The Morgan fingerprint density at radius 3 is 2.31 bits per heavy atom. The van der Waals surface area contributed by atoms with E-state index in [-0.39, 0.29) is 17.4 Å². The van der Waals surface area contributed by atoms with Gasteiger partial charge in [-0.2, -0.15) is 0 Å².